The number of fused-ring (bicyclic) bond motifs is 1. The standard InChI is InChI=1S/C18H16BrN7O/c1-10-8-9-20-18-21-15(24-26(10)18)17(27)22-16-14(11(2)23-25(16)3)12-4-6-13(19)7-5-12/h4-9H,1-3H3,(H,22,27). The van der Waals surface area contributed by atoms with Crippen LogP contribution in [-0.2, 0) is 7.05 Å². The number of rotatable bonds is 3. The van der Waals surface area contributed by atoms with E-state index in [0.29, 0.717) is 11.6 Å². The lowest BCUT2D eigenvalue weighted by Gasteiger charge is -2.08. The van der Waals surface area contributed by atoms with Gasteiger partial charge >= 0.3 is 0 Å². The van der Waals surface area contributed by atoms with Crippen LogP contribution < -0.4 is 5.32 Å². The second kappa shape index (κ2) is 6.58. The Balaban J connectivity index is 1.72. The van der Waals surface area contributed by atoms with Crippen molar-refractivity contribution in [2.24, 2.45) is 7.05 Å². The summed E-state index contributed by atoms with van der Waals surface area (Å²) in [6.07, 6.45) is 1.64. The van der Waals surface area contributed by atoms with Crippen molar-refractivity contribution in [3.63, 3.8) is 0 Å². The Hall–Kier alpha value is -3.07. The van der Waals surface area contributed by atoms with Crippen LogP contribution in [-0.4, -0.2) is 35.3 Å². The van der Waals surface area contributed by atoms with Gasteiger partial charge in [0, 0.05) is 29.0 Å². The highest BCUT2D eigenvalue weighted by Crippen LogP contribution is 2.32. The number of nitrogens with zero attached hydrogens (tertiary/aromatic N) is 6. The molecule has 1 amide bonds. The molecule has 4 aromatic rings. The molecule has 1 N–H and O–H groups in total. The fourth-order valence-corrected chi connectivity index (χ4v) is 3.19. The molecule has 0 spiro atoms. The maximum Gasteiger partial charge on any atom is 0.296 e. The number of hydrogen-bond acceptors (Lipinski definition) is 5. The van der Waals surface area contributed by atoms with Crippen LogP contribution in [0.4, 0.5) is 5.82 Å². The Morgan fingerprint density at radius 2 is 1.85 bits per heavy atom. The van der Waals surface area contributed by atoms with Crippen LogP contribution >= 0.6 is 15.9 Å². The van der Waals surface area contributed by atoms with Gasteiger partial charge in [0.25, 0.3) is 11.7 Å². The molecule has 9 heteroatoms. The van der Waals surface area contributed by atoms with E-state index in [4.69, 9.17) is 0 Å². The van der Waals surface area contributed by atoms with E-state index in [2.05, 4.69) is 41.4 Å². The van der Waals surface area contributed by atoms with E-state index in [1.54, 1.807) is 28.5 Å². The Morgan fingerprint density at radius 1 is 1.11 bits per heavy atom. The molecule has 0 saturated heterocycles. The average molecular weight is 426 g/mol. The quantitative estimate of drug-likeness (QED) is 0.544. The fourth-order valence-electron chi connectivity index (χ4n) is 2.93. The number of anilines is 1. The summed E-state index contributed by atoms with van der Waals surface area (Å²) in [5.74, 6) is 0.608. The first-order chi connectivity index (χ1) is 12.9. The molecule has 136 valence electrons. The monoisotopic (exact) mass is 425 g/mol. The second-order valence-electron chi connectivity index (χ2n) is 6.13. The number of aryl methyl sites for hydroxylation is 3. The van der Waals surface area contributed by atoms with Crippen molar-refractivity contribution < 1.29 is 4.79 Å². The first kappa shape index (κ1) is 17.3. The number of halogens is 1. The molecule has 0 saturated carbocycles. The summed E-state index contributed by atoms with van der Waals surface area (Å²) in [6.45, 7) is 3.78. The summed E-state index contributed by atoms with van der Waals surface area (Å²) in [4.78, 5) is 21.1. The Kier molecular flexibility index (Phi) is 4.23. The highest BCUT2D eigenvalue weighted by atomic mass is 79.9. The molecule has 27 heavy (non-hydrogen) atoms. The van der Waals surface area contributed by atoms with E-state index in [9.17, 15) is 4.79 Å². The molecular formula is C18H16BrN7O. The Labute approximate surface area is 163 Å². The zero-order valence-electron chi connectivity index (χ0n) is 14.9. The third-order valence-corrected chi connectivity index (χ3v) is 4.75. The van der Waals surface area contributed by atoms with Crippen molar-refractivity contribution in [1.29, 1.82) is 0 Å². The zero-order chi connectivity index (χ0) is 19.1. The largest absolute Gasteiger partial charge is 0.303 e. The number of hydrogen-bond donors (Lipinski definition) is 1. The highest BCUT2D eigenvalue weighted by molar-refractivity contribution is 9.10. The first-order valence-corrected chi connectivity index (χ1v) is 9.02. The topological polar surface area (TPSA) is 90.0 Å². The maximum absolute atomic E-state index is 12.8. The summed E-state index contributed by atoms with van der Waals surface area (Å²) in [7, 11) is 1.79. The Morgan fingerprint density at radius 3 is 2.56 bits per heavy atom. The van der Waals surface area contributed by atoms with Crippen molar-refractivity contribution in [2.45, 2.75) is 13.8 Å². The summed E-state index contributed by atoms with van der Waals surface area (Å²) >= 11 is 3.44. The van der Waals surface area contributed by atoms with Gasteiger partial charge in [0.05, 0.1) is 5.69 Å². The van der Waals surface area contributed by atoms with Gasteiger partial charge in [-0.1, -0.05) is 28.1 Å². The minimum absolute atomic E-state index is 0.0532. The van der Waals surface area contributed by atoms with Crippen molar-refractivity contribution in [3.8, 4) is 11.1 Å². The summed E-state index contributed by atoms with van der Waals surface area (Å²) in [5, 5.41) is 11.6. The molecule has 8 nitrogen and oxygen atoms in total. The van der Waals surface area contributed by atoms with Crippen molar-refractivity contribution >= 4 is 33.4 Å². The van der Waals surface area contributed by atoms with Gasteiger partial charge in [-0.3, -0.25) is 9.48 Å². The average Bonchev–Trinajstić information content (AvgIpc) is 3.19. The van der Waals surface area contributed by atoms with E-state index in [1.807, 2.05) is 38.1 Å². The zero-order valence-corrected chi connectivity index (χ0v) is 16.5. The molecule has 3 aromatic heterocycles. The van der Waals surface area contributed by atoms with Gasteiger partial charge in [-0.25, -0.2) is 9.50 Å². The lowest BCUT2D eigenvalue weighted by Crippen LogP contribution is -2.17. The molecule has 4 rings (SSSR count). The van der Waals surface area contributed by atoms with E-state index in [1.165, 1.54) is 0 Å². The van der Waals surface area contributed by atoms with Gasteiger partial charge in [-0.2, -0.15) is 10.1 Å². The normalized spacial score (nSPS) is 11.1. The van der Waals surface area contributed by atoms with E-state index in [-0.39, 0.29) is 5.82 Å². The number of carbonyl (C=O) groups is 1. The van der Waals surface area contributed by atoms with Crippen LogP contribution in [0.3, 0.4) is 0 Å². The molecule has 3 heterocycles. The van der Waals surface area contributed by atoms with Crippen molar-refractivity contribution in [1.82, 2.24) is 29.4 Å². The number of aromatic nitrogens is 6. The van der Waals surface area contributed by atoms with Crippen LogP contribution in [0.15, 0.2) is 41.0 Å². The van der Waals surface area contributed by atoms with Crippen LogP contribution in [0, 0.1) is 13.8 Å². The third kappa shape index (κ3) is 3.10. The number of carbonyl (C=O) groups excluding carboxylic acids is 1. The summed E-state index contributed by atoms with van der Waals surface area (Å²) in [5.41, 5.74) is 3.48. The number of benzene rings is 1. The smallest absolute Gasteiger partial charge is 0.296 e. The summed E-state index contributed by atoms with van der Waals surface area (Å²) < 4.78 is 4.17. The minimum Gasteiger partial charge on any atom is -0.303 e. The van der Waals surface area contributed by atoms with Crippen molar-refractivity contribution in [3.05, 3.63) is 58.2 Å². The lowest BCUT2D eigenvalue weighted by molar-refractivity contribution is 0.101. The predicted molar refractivity (Wildman–Crippen MR) is 105 cm³/mol. The van der Waals surface area contributed by atoms with Crippen LogP contribution in [0.2, 0.25) is 0 Å². The van der Waals surface area contributed by atoms with Gasteiger partial charge < -0.3 is 5.32 Å². The SMILES string of the molecule is Cc1nn(C)c(NC(=O)c2nc3nccc(C)n3n2)c1-c1ccc(Br)cc1. The Bertz CT molecular complexity index is 1160. The molecule has 0 bridgehead atoms. The molecule has 0 atom stereocenters. The first-order valence-electron chi connectivity index (χ1n) is 8.23. The molecule has 0 aliphatic rings. The third-order valence-electron chi connectivity index (χ3n) is 4.22. The maximum atomic E-state index is 12.8. The van der Waals surface area contributed by atoms with Gasteiger partial charge in [0.2, 0.25) is 5.82 Å². The number of amides is 1. The van der Waals surface area contributed by atoms with E-state index in [0.717, 1.165) is 27.0 Å². The number of nitrogens with one attached hydrogen (secondary N) is 1. The van der Waals surface area contributed by atoms with E-state index < -0.39 is 5.91 Å². The van der Waals surface area contributed by atoms with Crippen LogP contribution in [0.25, 0.3) is 16.9 Å². The second-order valence-corrected chi connectivity index (χ2v) is 7.04. The van der Waals surface area contributed by atoms with Crippen LogP contribution in [0.1, 0.15) is 22.0 Å². The van der Waals surface area contributed by atoms with Gasteiger partial charge in [0.1, 0.15) is 5.82 Å². The summed E-state index contributed by atoms with van der Waals surface area (Å²) in [6, 6.07) is 9.65. The molecule has 0 radical (unpaired) electrons. The van der Waals surface area contributed by atoms with Gasteiger partial charge in [-0.05, 0) is 37.6 Å². The molecular weight excluding hydrogens is 410 g/mol. The fraction of sp³-hybridized carbons (Fsp3) is 0.167. The molecule has 1 aromatic carbocycles. The molecule has 0 aliphatic carbocycles. The van der Waals surface area contributed by atoms with Gasteiger partial charge in [-0.15, -0.1) is 5.10 Å². The molecule has 0 aliphatic heterocycles. The lowest BCUT2D eigenvalue weighted by atomic mass is 10.1. The highest BCUT2D eigenvalue weighted by Gasteiger charge is 2.21. The molecule has 0 unspecified atom stereocenters. The minimum atomic E-state index is -0.415. The predicted octanol–water partition coefficient (Wildman–Crippen LogP) is 3.16. The van der Waals surface area contributed by atoms with E-state index >= 15 is 0 Å². The van der Waals surface area contributed by atoms with Crippen molar-refractivity contribution in [2.75, 3.05) is 5.32 Å². The van der Waals surface area contributed by atoms with Gasteiger partial charge in [0.15, 0.2) is 0 Å². The van der Waals surface area contributed by atoms with Crippen LogP contribution in [0.5, 0.6) is 0 Å². The molecule has 0 fully saturated rings.